The molecule has 0 amide bonds. The van der Waals surface area contributed by atoms with Crippen molar-refractivity contribution in [1.29, 1.82) is 0 Å². The summed E-state index contributed by atoms with van der Waals surface area (Å²) in [5, 5.41) is 9.44. The largest absolute Gasteiger partial charge is 0.481 e. The van der Waals surface area contributed by atoms with Crippen molar-refractivity contribution in [2.24, 2.45) is 0 Å². The highest BCUT2D eigenvalue weighted by atomic mass is 31.2. The number of aliphatic carboxylic acids is 1. The molecule has 1 unspecified atom stereocenters. The van der Waals surface area contributed by atoms with Crippen molar-refractivity contribution >= 4 is 32.2 Å². The average Bonchev–Trinajstić information content (AvgIpc) is 2.67. The maximum atomic E-state index is 14.3. The number of carbonyl (C=O) groups excluding carboxylic acids is 1. The van der Waals surface area contributed by atoms with Crippen molar-refractivity contribution in [1.82, 2.24) is 0 Å². The molecule has 0 aliphatic carbocycles. The maximum absolute atomic E-state index is 14.3. The molecule has 3 N–H and O–H groups in total. The third kappa shape index (κ3) is 6.14. The van der Waals surface area contributed by atoms with Gasteiger partial charge in [0.15, 0.2) is 4.90 Å². The van der Waals surface area contributed by atoms with Gasteiger partial charge in [0.25, 0.3) is 0 Å². The van der Waals surface area contributed by atoms with E-state index >= 15 is 0 Å². The van der Waals surface area contributed by atoms with Crippen LogP contribution in [0.4, 0.5) is 0 Å². The van der Waals surface area contributed by atoms with Crippen molar-refractivity contribution in [3.63, 3.8) is 0 Å². The molecule has 0 bridgehead atoms. The van der Waals surface area contributed by atoms with Gasteiger partial charge in [-0.2, -0.15) is 0 Å². The molecule has 1 rings (SSSR count). The van der Waals surface area contributed by atoms with Gasteiger partial charge in [-0.3, -0.25) is 18.7 Å². The van der Waals surface area contributed by atoms with E-state index in [2.05, 4.69) is 0 Å². The Hall–Kier alpha value is -1.50. The lowest BCUT2D eigenvalue weighted by atomic mass is 9.81. The van der Waals surface area contributed by atoms with E-state index in [1.165, 1.54) is 18.2 Å². The first-order valence-electron chi connectivity index (χ1n) is 11.0. The molecule has 0 saturated heterocycles. The molecule has 0 aliphatic rings. The molecule has 0 spiro atoms. The van der Waals surface area contributed by atoms with E-state index in [1.54, 1.807) is 34.6 Å². The van der Waals surface area contributed by atoms with Gasteiger partial charge in [0.05, 0.1) is 13.0 Å². The summed E-state index contributed by atoms with van der Waals surface area (Å²) in [6.45, 7) is 9.71. The average molecular weight is 506 g/mol. The Balaban J connectivity index is 3.91. The van der Waals surface area contributed by atoms with Gasteiger partial charge in [0.1, 0.15) is 5.75 Å². The number of carboxylic acid groups (broad SMARTS) is 1. The zero-order valence-electron chi connectivity index (χ0n) is 20.2. The number of rotatable bonds is 13. The molecule has 1 atom stereocenters. The number of carboxylic acids is 1. The van der Waals surface area contributed by atoms with E-state index in [0.29, 0.717) is 12.0 Å². The quantitative estimate of drug-likeness (QED) is 0.195. The van der Waals surface area contributed by atoms with Crippen LogP contribution in [0.15, 0.2) is 18.2 Å². The fraction of sp³-hybridized carbons (Fsp3) is 0.636. The number of hydrogen-bond donors (Lipinski definition) is 3. The van der Waals surface area contributed by atoms with E-state index in [9.17, 15) is 33.6 Å². The third-order valence-corrected chi connectivity index (χ3v) is 12.4. The molecular weight excluding hydrogens is 470 g/mol. The van der Waals surface area contributed by atoms with Crippen LogP contribution < -0.4 is 10.0 Å². The lowest BCUT2D eigenvalue weighted by molar-refractivity contribution is -0.138. The van der Waals surface area contributed by atoms with Crippen molar-refractivity contribution in [3.05, 3.63) is 23.8 Å². The second-order valence-electron chi connectivity index (χ2n) is 8.56. The Morgan fingerprint density at radius 3 is 2.03 bits per heavy atom. The Bertz CT molecular complexity index is 945. The zero-order valence-corrected chi connectivity index (χ0v) is 21.9. The molecule has 11 heteroatoms. The van der Waals surface area contributed by atoms with Gasteiger partial charge < -0.3 is 24.2 Å². The minimum absolute atomic E-state index is 0.0418. The van der Waals surface area contributed by atoms with Crippen LogP contribution >= 0.6 is 15.0 Å². The smallest absolute Gasteiger partial charge is 0.341 e. The first-order valence-corrected chi connectivity index (χ1v) is 14.3. The normalized spacial score (nSPS) is 14.5. The van der Waals surface area contributed by atoms with Crippen LogP contribution in [0.3, 0.4) is 0 Å². The van der Waals surface area contributed by atoms with Gasteiger partial charge in [-0.15, -0.1) is 0 Å². The molecule has 188 valence electrons. The third-order valence-electron chi connectivity index (χ3n) is 5.84. The van der Waals surface area contributed by atoms with Gasteiger partial charge >= 0.3 is 19.5 Å². The van der Waals surface area contributed by atoms with Crippen LogP contribution in [0.2, 0.25) is 0 Å². The molecular formula is C22H36O9P2. The van der Waals surface area contributed by atoms with Crippen molar-refractivity contribution in [3.8, 4) is 5.75 Å². The van der Waals surface area contributed by atoms with Crippen molar-refractivity contribution < 1.29 is 42.9 Å². The Morgan fingerprint density at radius 1 is 1.03 bits per heavy atom. The highest BCUT2D eigenvalue weighted by Gasteiger charge is 2.59. The number of benzene rings is 1. The predicted octanol–water partition coefficient (Wildman–Crippen LogP) is 4.78. The molecule has 33 heavy (non-hydrogen) atoms. The van der Waals surface area contributed by atoms with Crippen LogP contribution in [0, 0.1) is 0 Å². The molecule has 0 aliphatic heterocycles. The molecule has 0 radical (unpaired) electrons. The van der Waals surface area contributed by atoms with Crippen molar-refractivity contribution in [2.45, 2.75) is 84.0 Å². The van der Waals surface area contributed by atoms with E-state index < -0.39 is 37.2 Å². The van der Waals surface area contributed by atoms with Crippen LogP contribution in [0.5, 0.6) is 5.75 Å². The summed E-state index contributed by atoms with van der Waals surface area (Å²) in [7, 11) is -9.10. The summed E-state index contributed by atoms with van der Waals surface area (Å²) in [6, 6.07) is 4.17. The van der Waals surface area contributed by atoms with E-state index in [0.717, 1.165) is 0 Å². The second kappa shape index (κ2) is 11.3. The standard InChI is InChI=1S/C22H36O9P2/c1-7-11-20(25)31-18-13-12-16(14-17(18)21(5,6)15-19(23)24)32(26,30-10-4)22(8-2,9-3)33(27,28)29/h12-14H,7-11,15H2,1-6H3,(H,23,24)(H2,27,28,29). The molecule has 1 aromatic rings. The molecule has 9 nitrogen and oxygen atoms in total. The van der Waals surface area contributed by atoms with Gasteiger partial charge in [0.2, 0.25) is 7.37 Å². The Kier molecular flexibility index (Phi) is 10.1. The highest BCUT2D eigenvalue weighted by molar-refractivity contribution is 7.80. The summed E-state index contributed by atoms with van der Waals surface area (Å²) in [5.41, 5.74) is -0.761. The SMILES string of the molecule is CCCC(=O)Oc1ccc(P(=O)(OCC)C(CC)(CC)P(=O)(O)O)cc1C(C)(C)CC(=O)O. The van der Waals surface area contributed by atoms with Crippen molar-refractivity contribution in [2.75, 3.05) is 6.61 Å². The van der Waals surface area contributed by atoms with Crippen LogP contribution in [0.25, 0.3) is 0 Å². The monoisotopic (exact) mass is 506 g/mol. The number of esters is 1. The Morgan fingerprint density at radius 2 is 1.61 bits per heavy atom. The first kappa shape index (κ1) is 29.5. The fourth-order valence-electron chi connectivity index (χ4n) is 4.04. The summed E-state index contributed by atoms with van der Waals surface area (Å²) in [4.78, 5) is 42.2. The first-order chi connectivity index (χ1) is 15.2. The molecule has 0 fully saturated rings. The molecule has 0 heterocycles. The van der Waals surface area contributed by atoms with Crippen LogP contribution in [-0.2, 0) is 28.7 Å². The van der Waals surface area contributed by atoms with Gasteiger partial charge in [-0.25, -0.2) is 0 Å². The summed E-state index contributed by atoms with van der Waals surface area (Å²) >= 11 is 0. The summed E-state index contributed by atoms with van der Waals surface area (Å²) in [6.07, 6.45) is 0.185. The number of hydrogen-bond acceptors (Lipinski definition) is 6. The van der Waals surface area contributed by atoms with Crippen LogP contribution in [0.1, 0.15) is 79.2 Å². The van der Waals surface area contributed by atoms with E-state index in [-0.39, 0.29) is 43.3 Å². The number of carbonyl (C=O) groups is 2. The zero-order chi connectivity index (χ0) is 25.7. The second-order valence-corrected chi connectivity index (χ2v) is 13.6. The van der Waals surface area contributed by atoms with Gasteiger partial charge in [-0.1, -0.05) is 34.6 Å². The topological polar surface area (TPSA) is 147 Å². The van der Waals surface area contributed by atoms with E-state index in [4.69, 9.17) is 9.26 Å². The lowest BCUT2D eigenvalue weighted by Gasteiger charge is -2.39. The predicted molar refractivity (Wildman–Crippen MR) is 126 cm³/mol. The minimum Gasteiger partial charge on any atom is -0.481 e. The fourth-order valence-corrected chi connectivity index (χ4v) is 9.39. The molecule has 0 aromatic heterocycles. The Labute approximate surface area is 195 Å². The maximum Gasteiger partial charge on any atom is 0.341 e. The molecule has 1 aromatic carbocycles. The van der Waals surface area contributed by atoms with Crippen LogP contribution in [-0.4, -0.2) is 38.3 Å². The summed E-state index contributed by atoms with van der Waals surface area (Å²) in [5.74, 6) is -1.48. The minimum atomic E-state index is -4.91. The lowest BCUT2D eigenvalue weighted by Crippen LogP contribution is -2.34. The van der Waals surface area contributed by atoms with Gasteiger partial charge in [-0.05, 0) is 44.4 Å². The van der Waals surface area contributed by atoms with Gasteiger partial charge in [0, 0.05) is 22.7 Å². The number of ether oxygens (including phenoxy) is 1. The summed E-state index contributed by atoms with van der Waals surface area (Å²) < 4.78 is 38.1. The van der Waals surface area contributed by atoms with E-state index in [1.807, 2.05) is 6.92 Å². The highest BCUT2D eigenvalue weighted by Crippen LogP contribution is 2.75. The molecule has 0 saturated carbocycles.